The summed E-state index contributed by atoms with van der Waals surface area (Å²) in [5.41, 5.74) is 1.22. The SMILES string of the molecule is CC(Nc1cc(Cl)nc2c1cnn2C1O[C@H](COCP(=O)(O)ON)[C@@H](O)[C@H]1O)c1ccccc1F. The van der Waals surface area contributed by atoms with Gasteiger partial charge in [-0.05, 0) is 19.1 Å². The first-order chi connectivity index (χ1) is 16.6. The van der Waals surface area contributed by atoms with Gasteiger partial charge in [0.05, 0.1) is 29.9 Å². The molecule has 4 rings (SSSR count). The number of fused-ring (bicyclic) bond motifs is 1. The van der Waals surface area contributed by atoms with Crippen LogP contribution in [-0.4, -0.2) is 61.1 Å². The molecule has 1 fully saturated rings. The van der Waals surface area contributed by atoms with Gasteiger partial charge in [-0.25, -0.2) is 24.6 Å². The molecular weight excluding hydrogens is 508 g/mol. The van der Waals surface area contributed by atoms with Crippen LogP contribution in [0.5, 0.6) is 0 Å². The van der Waals surface area contributed by atoms with Crippen molar-refractivity contribution >= 4 is 35.9 Å². The van der Waals surface area contributed by atoms with E-state index in [1.807, 2.05) is 0 Å². The standard InChI is InChI=1S/C20H24ClFN5O7P/c1-10(11-4-2-3-5-13(11)22)25-14-6-16(21)26-19-12(14)7-24-27(19)20-18(29)17(28)15(33-20)8-32-9-35(30,31)34-23/h2-7,10,15,17-18,20,28-29H,8-9,23H2,1H3,(H,25,26)(H,30,31)/t10?,15-,17-,18-,20?/m1/s1. The first-order valence-corrected chi connectivity index (χ1v) is 12.6. The zero-order chi connectivity index (χ0) is 25.3. The molecule has 0 bridgehead atoms. The van der Waals surface area contributed by atoms with Crippen LogP contribution in [0.2, 0.25) is 5.15 Å². The van der Waals surface area contributed by atoms with E-state index in [9.17, 15) is 24.1 Å². The number of pyridine rings is 1. The molecule has 2 aromatic heterocycles. The average Bonchev–Trinajstić information content (AvgIpc) is 3.35. The van der Waals surface area contributed by atoms with E-state index in [0.717, 1.165) is 0 Å². The van der Waals surface area contributed by atoms with Gasteiger partial charge in [0.25, 0.3) is 0 Å². The number of halogens is 2. The van der Waals surface area contributed by atoms with Crippen molar-refractivity contribution in [1.29, 1.82) is 0 Å². The van der Waals surface area contributed by atoms with Gasteiger partial charge in [-0.3, -0.25) is 4.57 Å². The highest BCUT2D eigenvalue weighted by molar-refractivity contribution is 7.52. The Balaban J connectivity index is 1.56. The van der Waals surface area contributed by atoms with Gasteiger partial charge in [-0.2, -0.15) is 5.10 Å². The molecule has 35 heavy (non-hydrogen) atoms. The van der Waals surface area contributed by atoms with Gasteiger partial charge in [0.2, 0.25) is 0 Å². The Kier molecular flexibility index (Phi) is 7.71. The van der Waals surface area contributed by atoms with Crippen LogP contribution in [0.15, 0.2) is 36.5 Å². The maximum atomic E-state index is 14.2. The minimum atomic E-state index is -4.13. The summed E-state index contributed by atoms with van der Waals surface area (Å²) in [6.07, 6.45) is -4.28. The first kappa shape index (κ1) is 25.9. The van der Waals surface area contributed by atoms with E-state index < -0.39 is 44.5 Å². The lowest BCUT2D eigenvalue weighted by Crippen LogP contribution is -2.34. The number of aliphatic hydroxyl groups is 2. The lowest BCUT2D eigenvalue weighted by molar-refractivity contribution is -0.0661. The molecule has 3 heterocycles. The van der Waals surface area contributed by atoms with Crippen molar-refractivity contribution in [2.75, 3.05) is 18.3 Å². The number of aliphatic hydroxyl groups excluding tert-OH is 2. The summed E-state index contributed by atoms with van der Waals surface area (Å²) in [6.45, 7) is 1.46. The van der Waals surface area contributed by atoms with Crippen LogP contribution in [0.25, 0.3) is 11.0 Å². The third-order valence-corrected chi connectivity index (χ3v) is 6.59. The fraction of sp³-hybridized carbons (Fsp3) is 0.400. The van der Waals surface area contributed by atoms with Crippen molar-refractivity contribution in [1.82, 2.24) is 14.8 Å². The quantitative estimate of drug-likeness (QED) is 0.155. The Bertz CT molecular complexity index is 1250. The van der Waals surface area contributed by atoms with Crippen LogP contribution in [0, 0.1) is 5.82 Å². The minimum absolute atomic E-state index is 0.107. The number of hydrogen-bond donors (Lipinski definition) is 5. The summed E-state index contributed by atoms with van der Waals surface area (Å²) >= 11 is 6.23. The van der Waals surface area contributed by atoms with Gasteiger partial charge in [-0.1, -0.05) is 29.8 Å². The van der Waals surface area contributed by atoms with E-state index in [1.165, 1.54) is 16.9 Å². The van der Waals surface area contributed by atoms with Gasteiger partial charge in [0, 0.05) is 5.56 Å². The third-order valence-electron chi connectivity index (χ3n) is 5.56. The van der Waals surface area contributed by atoms with Gasteiger partial charge < -0.3 is 29.9 Å². The molecule has 6 atom stereocenters. The van der Waals surface area contributed by atoms with Gasteiger partial charge in [-0.15, -0.1) is 0 Å². The van der Waals surface area contributed by atoms with Crippen molar-refractivity contribution in [2.24, 2.45) is 5.90 Å². The highest BCUT2D eigenvalue weighted by Gasteiger charge is 2.45. The topological polar surface area (TPSA) is 174 Å². The van der Waals surface area contributed by atoms with Crippen molar-refractivity contribution < 1.29 is 38.2 Å². The zero-order valence-corrected chi connectivity index (χ0v) is 20.0. The summed E-state index contributed by atoms with van der Waals surface area (Å²) in [5, 5.41) is 29.0. The van der Waals surface area contributed by atoms with Crippen molar-refractivity contribution in [2.45, 2.75) is 37.5 Å². The number of anilines is 1. The molecule has 0 amide bonds. The lowest BCUT2D eigenvalue weighted by atomic mass is 10.1. The van der Waals surface area contributed by atoms with Crippen LogP contribution in [0.3, 0.4) is 0 Å². The number of nitrogens with one attached hydrogen (secondary N) is 1. The molecule has 15 heteroatoms. The van der Waals surface area contributed by atoms with Crippen LogP contribution < -0.4 is 11.2 Å². The fourth-order valence-electron chi connectivity index (χ4n) is 3.81. The molecule has 1 saturated heterocycles. The number of rotatable bonds is 9. The molecule has 0 saturated carbocycles. The second kappa shape index (κ2) is 10.4. The summed E-state index contributed by atoms with van der Waals surface area (Å²) < 4.78 is 41.6. The number of hydrogen-bond acceptors (Lipinski definition) is 10. The van der Waals surface area contributed by atoms with Crippen LogP contribution in [0.1, 0.15) is 24.8 Å². The molecule has 0 radical (unpaired) electrons. The molecule has 1 aromatic carbocycles. The van der Waals surface area contributed by atoms with Crippen LogP contribution in [-0.2, 0) is 18.7 Å². The Morgan fingerprint density at radius 1 is 1.37 bits per heavy atom. The Morgan fingerprint density at radius 3 is 2.83 bits per heavy atom. The largest absolute Gasteiger partial charge is 0.387 e. The normalized spacial score (nSPS) is 25.0. The van der Waals surface area contributed by atoms with Gasteiger partial charge in [0.1, 0.15) is 35.6 Å². The highest BCUT2D eigenvalue weighted by atomic mass is 35.5. The second-order valence-corrected chi connectivity index (χ2v) is 10.1. The smallest absolute Gasteiger partial charge is 0.369 e. The third kappa shape index (κ3) is 5.48. The van der Waals surface area contributed by atoms with E-state index >= 15 is 0 Å². The van der Waals surface area contributed by atoms with E-state index in [0.29, 0.717) is 16.6 Å². The summed E-state index contributed by atoms with van der Waals surface area (Å²) in [7, 11) is -4.13. The van der Waals surface area contributed by atoms with Crippen molar-refractivity contribution in [3.05, 3.63) is 53.1 Å². The summed E-state index contributed by atoms with van der Waals surface area (Å²) in [5.74, 6) is 4.36. The van der Waals surface area contributed by atoms with E-state index in [4.69, 9.17) is 27.0 Å². The molecule has 3 unspecified atom stereocenters. The minimum Gasteiger partial charge on any atom is -0.387 e. The number of benzene rings is 1. The van der Waals surface area contributed by atoms with Gasteiger partial charge in [0.15, 0.2) is 11.9 Å². The number of nitrogens with two attached hydrogens (primary N) is 1. The molecular formula is C20H24ClFN5O7P. The molecule has 12 nitrogen and oxygen atoms in total. The zero-order valence-electron chi connectivity index (χ0n) is 18.4. The highest BCUT2D eigenvalue weighted by Crippen LogP contribution is 2.40. The Labute approximate surface area is 203 Å². The Morgan fingerprint density at radius 2 is 2.11 bits per heavy atom. The molecule has 0 spiro atoms. The predicted octanol–water partition coefficient (Wildman–Crippen LogP) is 2.07. The molecule has 6 N–H and O–H groups in total. The van der Waals surface area contributed by atoms with E-state index in [2.05, 4.69) is 20.0 Å². The molecule has 0 aliphatic carbocycles. The van der Waals surface area contributed by atoms with Crippen LogP contribution >= 0.6 is 19.2 Å². The predicted molar refractivity (Wildman–Crippen MR) is 123 cm³/mol. The first-order valence-electron chi connectivity index (χ1n) is 10.5. The van der Waals surface area contributed by atoms with Crippen molar-refractivity contribution in [3.8, 4) is 0 Å². The van der Waals surface area contributed by atoms with E-state index in [1.54, 1.807) is 31.2 Å². The maximum Gasteiger partial charge on any atom is 0.369 e. The lowest BCUT2D eigenvalue weighted by Gasteiger charge is -2.18. The van der Waals surface area contributed by atoms with Crippen molar-refractivity contribution in [3.63, 3.8) is 0 Å². The monoisotopic (exact) mass is 531 g/mol. The Hall–Kier alpha value is -2.19. The van der Waals surface area contributed by atoms with E-state index in [-0.39, 0.29) is 23.2 Å². The number of aromatic nitrogens is 3. The van der Waals surface area contributed by atoms with Crippen LogP contribution in [0.4, 0.5) is 10.1 Å². The fourth-order valence-corrected chi connectivity index (χ4v) is 4.40. The molecule has 3 aromatic rings. The molecule has 1 aliphatic rings. The van der Waals surface area contributed by atoms with Gasteiger partial charge >= 0.3 is 7.60 Å². The number of nitrogens with zero attached hydrogens (tertiary/aromatic N) is 3. The summed E-state index contributed by atoms with van der Waals surface area (Å²) in [4.78, 5) is 13.6. The molecule has 190 valence electrons. The second-order valence-electron chi connectivity index (χ2n) is 8.00. The average molecular weight is 532 g/mol. The maximum absolute atomic E-state index is 14.2. The summed E-state index contributed by atoms with van der Waals surface area (Å²) in [6, 6.07) is 7.52. The number of ether oxygens (including phenoxy) is 2. The molecule has 1 aliphatic heterocycles.